The molecule has 3 heterocycles. The third-order valence-electron chi connectivity index (χ3n) is 5.35. The molecule has 1 N–H and O–H groups in total. The van der Waals surface area contributed by atoms with Crippen molar-refractivity contribution in [3.8, 4) is 27.6 Å². The summed E-state index contributed by atoms with van der Waals surface area (Å²) in [6, 6.07) is 12.7. The van der Waals surface area contributed by atoms with Crippen LogP contribution in [0.2, 0.25) is 0 Å². The molecule has 5 nitrogen and oxygen atoms in total. The van der Waals surface area contributed by atoms with Crippen LogP contribution in [0.3, 0.4) is 0 Å². The van der Waals surface area contributed by atoms with Gasteiger partial charge in [-0.15, -0.1) is 11.3 Å². The van der Waals surface area contributed by atoms with Crippen LogP contribution in [0.4, 0.5) is 4.39 Å². The van der Waals surface area contributed by atoms with Crippen LogP contribution in [0.25, 0.3) is 21.6 Å². The standard InChI is InChI=1S/C23H18FN5S/c24-20-8-15(4-5-16(20)9-25)19-3-1-2-18(23(19)22-11-27-14-30-22)13-29-12-17-6-7-26-10-21(17)28-29/h1-5,8,11-12,14,26H,6-7,10,13H2. The number of aromatic nitrogens is 3. The molecule has 0 atom stereocenters. The van der Waals surface area contributed by atoms with Crippen molar-refractivity contribution in [3.05, 3.63) is 82.5 Å². The van der Waals surface area contributed by atoms with Gasteiger partial charge in [-0.2, -0.15) is 10.4 Å². The molecule has 0 saturated carbocycles. The summed E-state index contributed by atoms with van der Waals surface area (Å²) in [6.07, 6.45) is 4.95. The molecular weight excluding hydrogens is 397 g/mol. The fraction of sp³-hybridized carbons (Fsp3) is 0.174. The average molecular weight is 415 g/mol. The molecule has 0 fully saturated rings. The molecule has 0 saturated heterocycles. The maximum absolute atomic E-state index is 14.3. The van der Waals surface area contributed by atoms with Crippen molar-refractivity contribution >= 4 is 11.3 Å². The van der Waals surface area contributed by atoms with Gasteiger partial charge < -0.3 is 5.32 Å². The van der Waals surface area contributed by atoms with Gasteiger partial charge in [-0.1, -0.05) is 24.3 Å². The maximum atomic E-state index is 14.3. The summed E-state index contributed by atoms with van der Waals surface area (Å²) >= 11 is 1.55. The lowest BCUT2D eigenvalue weighted by Gasteiger charge is -2.14. The Hall–Kier alpha value is -3.34. The zero-order valence-corrected chi connectivity index (χ0v) is 16.9. The molecule has 148 valence electrons. The number of hydrogen-bond donors (Lipinski definition) is 1. The second-order valence-electron chi connectivity index (χ2n) is 7.24. The van der Waals surface area contributed by atoms with Crippen molar-refractivity contribution in [1.82, 2.24) is 20.1 Å². The number of hydrogen-bond acceptors (Lipinski definition) is 5. The number of fused-ring (bicyclic) bond motifs is 1. The number of thiazole rings is 1. The monoisotopic (exact) mass is 415 g/mol. The highest BCUT2D eigenvalue weighted by atomic mass is 32.1. The minimum atomic E-state index is -0.511. The SMILES string of the molecule is N#Cc1ccc(-c2cccc(Cn3cc4c(n3)CNCC4)c2-c2cncs2)cc1F. The summed E-state index contributed by atoms with van der Waals surface area (Å²) < 4.78 is 16.3. The zero-order chi connectivity index (χ0) is 20.5. The van der Waals surface area contributed by atoms with Crippen molar-refractivity contribution in [3.63, 3.8) is 0 Å². The van der Waals surface area contributed by atoms with E-state index in [0.717, 1.165) is 52.3 Å². The highest BCUT2D eigenvalue weighted by molar-refractivity contribution is 7.13. The molecule has 5 rings (SSSR count). The van der Waals surface area contributed by atoms with E-state index in [0.29, 0.717) is 6.54 Å². The lowest BCUT2D eigenvalue weighted by atomic mass is 9.94. The molecule has 2 aromatic heterocycles. The van der Waals surface area contributed by atoms with E-state index in [9.17, 15) is 4.39 Å². The molecule has 0 unspecified atom stereocenters. The molecular formula is C23H18FN5S. The third kappa shape index (κ3) is 3.41. The van der Waals surface area contributed by atoms with E-state index in [4.69, 9.17) is 10.4 Å². The number of rotatable bonds is 4. The van der Waals surface area contributed by atoms with Crippen molar-refractivity contribution < 1.29 is 4.39 Å². The molecule has 2 aromatic carbocycles. The molecule has 0 amide bonds. The van der Waals surface area contributed by atoms with Gasteiger partial charge in [-0.3, -0.25) is 9.67 Å². The van der Waals surface area contributed by atoms with Gasteiger partial charge in [0.05, 0.1) is 28.2 Å². The van der Waals surface area contributed by atoms with E-state index in [1.807, 2.05) is 29.1 Å². The molecule has 4 aromatic rings. The summed E-state index contributed by atoms with van der Waals surface area (Å²) in [5, 5.41) is 17.2. The Bertz CT molecular complexity index is 1230. The first-order chi connectivity index (χ1) is 14.7. The van der Waals surface area contributed by atoms with Crippen LogP contribution in [0, 0.1) is 17.1 Å². The molecule has 0 aliphatic carbocycles. The zero-order valence-electron chi connectivity index (χ0n) is 16.1. The minimum absolute atomic E-state index is 0.0463. The van der Waals surface area contributed by atoms with Crippen LogP contribution in [0.15, 0.2) is 54.3 Å². The minimum Gasteiger partial charge on any atom is -0.311 e. The summed E-state index contributed by atoms with van der Waals surface area (Å²) in [5.74, 6) is -0.511. The fourth-order valence-corrected chi connectivity index (χ4v) is 4.64. The van der Waals surface area contributed by atoms with Crippen molar-refractivity contribution in [2.45, 2.75) is 19.5 Å². The van der Waals surface area contributed by atoms with E-state index in [1.54, 1.807) is 22.9 Å². The Morgan fingerprint density at radius 1 is 1.27 bits per heavy atom. The predicted octanol–water partition coefficient (Wildman–Crippen LogP) is 4.38. The van der Waals surface area contributed by atoms with Crippen molar-refractivity contribution in [1.29, 1.82) is 5.26 Å². The first kappa shape index (κ1) is 18.7. The fourth-order valence-electron chi connectivity index (χ4n) is 3.92. The van der Waals surface area contributed by atoms with Gasteiger partial charge in [0.2, 0.25) is 0 Å². The van der Waals surface area contributed by atoms with Crippen LogP contribution in [0.1, 0.15) is 22.4 Å². The van der Waals surface area contributed by atoms with Crippen LogP contribution >= 0.6 is 11.3 Å². The number of halogens is 1. The summed E-state index contributed by atoms with van der Waals surface area (Å²) in [6.45, 7) is 2.39. The van der Waals surface area contributed by atoms with Gasteiger partial charge >= 0.3 is 0 Å². The normalized spacial score (nSPS) is 13.1. The highest BCUT2D eigenvalue weighted by Gasteiger charge is 2.18. The Morgan fingerprint density at radius 2 is 2.20 bits per heavy atom. The summed E-state index contributed by atoms with van der Waals surface area (Å²) in [7, 11) is 0. The van der Waals surface area contributed by atoms with Crippen LogP contribution in [0.5, 0.6) is 0 Å². The number of nitrogens with one attached hydrogen (secondary N) is 1. The van der Waals surface area contributed by atoms with Crippen molar-refractivity contribution in [2.24, 2.45) is 0 Å². The molecule has 0 radical (unpaired) electrons. The Balaban J connectivity index is 1.61. The molecule has 1 aliphatic heterocycles. The number of nitrogens with zero attached hydrogens (tertiary/aromatic N) is 4. The largest absolute Gasteiger partial charge is 0.311 e. The van der Waals surface area contributed by atoms with E-state index in [-0.39, 0.29) is 5.56 Å². The Labute approximate surface area is 177 Å². The van der Waals surface area contributed by atoms with E-state index < -0.39 is 5.82 Å². The number of nitriles is 1. The van der Waals surface area contributed by atoms with E-state index in [1.165, 1.54) is 17.7 Å². The van der Waals surface area contributed by atoms with Crippen LogP contribution < -0.4 is 5.32 Å². The predicted molar refractivity (Wildman–Crippen MR) is 114 cm³/mol. The molecule has 0 spiro atoms. The molecule has 7 heteroatoms. The van der Waals surface area contributed by atoms with Crippen LogP contribution in [-0.2, 0) is 19.5 Å². The van der Waals surface area contributed by atoms with E-state index >= 15 is 0 Å². The molecule has 1 aliphatic rings. The van der Waals surface area contributed by atoms with Gasteiger partial charge in [0.1, 0.15) is 11.9 Å². The molecule has 30 heavy (non-hydrogen) atoms. The maximum Gasteiger partial charge on any atom is 0.141 e. The number of benzene rings is 2. The second kappa shape index (κ2) is 7.82. The smallest absolute Gasteiger partial charge is 0.141 e. The topological polar surface area (TPSA) is 66.5 Å². The summed E-state index contributed by atoms with van der Waals surface area (Å²) in [5.41, 5.74) is 8.01. The average Bonchev–Trinajstić information content (AvgIpc) is 3.43. The quantitative estimate of drug-likeness (QED) is 0.537. The first-order valence-corrected chi connectivity index (χ1v) is 10.6. The van der Waals surface area contributed by atoms with Gasteiger partial charge in [-0.05, 0) is 47.4 Å². The lowest BCUT2D eigenvalue weighted by Crippen LogP contribution is -2.22. The highest BCUT2D eigenvalue weighted by Crippen LogP contribution is 2.37. The molecule has 0 bridgehead atoms. The van der Waals surface area contributed by atoms with Gasteiger partial charge in [-0.25, -0.2) is 4.39 Å². The van der Waals surface area contributed by atoms with Crippen molar-refractivity contribution in [2.75, 3.05) is 6.54 Å². The van der Waals surface area contributed by atoms with E-state index in [2.05, 4.69) is 22.6 Å². The van der Waals surface area contributed by atoms with Gasteiger partial charge in [0.15, 0.2) is 0 Å². The summed E-state index contributed by atoms with van der Waals surface area (Å²) in [4.78, 5) is 5.27. The van der Waals surface area contributed by atoms with Gasteiger partial charge in [0.25, 0.3) is 0 Å². The van der Waals surface area contributed by atoms with Crippen LogP contribution in [-0.4, -0.2) is 21.3 Å². The Kier molecular flexibility index (Phi) is 4.87. The lowest BCUT2D eigenvalue weighted by molar-refractivity contribution is 0.616. The first-order valence-electron chi connectivity index (χ1n) is 9.69. The second-order valence-corrected chi connectivity index (χ2v) is 8.12. The van der Waals surface area contributed by atoms with Gasteiger partial charge in [0, 0.05) is 24.5 Å². The third-order valence-corrected chi connectivity index (χ3v) is 6.14. The Morgan fingerprint density at radius 3 is 2.97 bits per heavy atom.